The molecule has 0 aromatic carbocycles. The minimum absolute atomic E-state index is 0.0112. The van der Waals surface area contributed by atoms with E-state index < -0.39 is 17.1 Å². The summed E-state index contributed by atoms with van der Waals surface area (Å²) in [7, 11) is 1.47. The van der Waals surface area contributed by atoms with Gasteiger partial charge in [-0.25, -0.2) is 9.18 Å². The number of aromatic nitrogens is 3. The van der Waals surface area contributed by atoms with Gasteiger partial charge in [0.1, 0.15) is 11.5 Å². The minimum atomic E-state index is -0.642. The van der Waals surface area contributed by atoms with Crippen LogP contribution in [-0.4, -0.2) is 14.5 Å². The number of halogens is 1. The zero-order chi connectivity index (χ0) is 11.2. The standard InChI is InChI=1S/C9H8FN3O2/c1-4-6(10)5-3-13(2)9(15)12-7(5)11-8(4)14/h3H,1-2H3,(H,11,12,14,15). The van der Waals surface area contributed by atoms with Gasteiger partial charge in [-0.1, -0.05) is 0 Å². The van der Waals surface area contributed by atoms with E-state index in [0.717, 1.165) is 4.57 Å². The predicted molar refractivity (Wildman–Crippen MR) is 52.3 cm³/mol. The number of H-pyrrole nitrogens is 1. The highest BCUT2D eigenvalue weighted by Crippen LogP contribution is 2.11. The molecule has 15 heavy (non-hydrogen) atoms. The molecule has 0 unspecified atom stereocenters. The van der Waals surface area contributed by atoms with Crippen LogP contribution in [0.2, 0.25) is 0 Å². The van der Waals surface area contributed by atoms with Crippen molar-refractivity contribution in [2.24, 2.45) is 7.05 Å². The second kappa shape index (κ2) is 3.01. The van der Waals surface area contributed by atoms with Gasteiger partial charge in [0.25, 0.3) is 5.56 Å². The van der Waals surface area contributed by atoms with Gasteiger partial charge < -0.3 is 9.55 Å². The van der Waals surface area contributed by atoms with E-state index in [1.54, 1.807) is 0 Å². The molecule has 5 nitrogen and oxygen atoms in total. The monoisotopic (exact) mass is 209 g/mol. The lowest BCUT2D eigenvalue weighted by atomic mass is 10.2. The van der Waals surface area contributed by atoms with Gasteiger partial charge in [-0.05, 0) is 6.92 Å². The lowest BCUT2D eigenvalue weighted by molar-refractivity contribution is 0.623. The molecule has 2 aromatic rings. The fourth-order valence-electron chi connectivity index (χ4n) is 1.30. The van der Waals surface area contributed by atoms with Gasteiger partial charge in [-0.15, -0.1) is 0 Å². The van der Waals surface area contributed by atoms with Crippen molar-refractivity contribution in [3.8, 4) is 0 Å². The smallest absolute Gasteiger partial charge is 0.306 e. The number of rotatable bonds is 0. The Morgan fingerprint density at radius 1 is 1.47 bits per heavy atom. The number of nitrogens with zero attached hydrogens (tertiary/aromatic N) is 2. The van der Waals surface area contributed by atoms with E-state index in [4.69, 9.17) is 0 Å². The summed E-state index contributed by atoms with van der Waals surface area (Å²) in [5.74, 6) is -0.642. The fraction of sp³-hybridized carbons (Fsp3) is 0.222. The van der Waals surface area contributed by atoms with Crippen LogP contribution in [0.5, 0.6) is 0 Å². The maximum absolute atomic E-state index is 13.6. The molecule has 6 heteroatoms. The first-order valence-electron chi connectivity index (χ1n) is 4.26. The van der Waals surface area contributed by atoms with Crippen molar-refractivity contribution in [2.45, 2.75) is 6.92 Å². The first-order valence-corrected chi connectivity index (χ1v) is 4.26. The molecule has 0 aliphatic rings. The summed E-state index contributed by atoms with van der Waals surface area (Å²) in [5.41, 5.74) is -1.14. The zero-order valence-corrected chi connectivity index (χ0v) is 8.17. The van der Waals surface area contributed by atoms with Crippen molar-refractivity contribution >= 4 is 11.0 Å². The Labute approximate surface area is 83.2 Å². The number of hydrogen-bond acceptors (Lipinski definition) is 3. The first kappa shape index (κ1) is 9.57. The van der Waals surface area contributed by atoms with E-state index in [1.807, 2.05) is 0 Å². The molecule has 1 N–H and O–H groups in total. The molecule has 2 heterocycles. The maximum Gasteiger partial charge on any atom is 0.349 e. The molecular weight excluding hydrogens is 201 g/mol. The number of nitrogens with one attached hydrogen (secondary N) is 1. The molecule has 0 bridgehead atoms. The highest BCUT2D eigenvalue weighted by molar-refractivity contribution is 5.74. The Hall–Kier alpha value is -1.98. The van der Waals surface area contributed by atoms with Gasteiger partial charge in [0, 0.05) is 13.2 Å². The third-order valence-corrected chi connectivity index (χ3v) is 2.23. The van der Waals surface area contributed by atoms with Crippen LogP contribution in [0.4, 0.5) is 4.39 Å². The largest absolute Gasteiger partial charge is 0.349 e. The predicted octanol–water partition coefficient (Wildman–Crippen LogP) is 0.0693. The van der Waals surface area contributed by atoms with Gasteiger partial charge in [0.2, 0.25) is 0 Å². The van der Waals surface area contributed by atoms with E-state index in [2.05, 4.69) is 9.97 Å². The van der Waals surface area contributed by atoms with Gasteiger partial charge in [0.15, 0.2) is 0 Å². The molecule has 0 aliphatic heterocycles. The van der Waals surface area contributed by atoms with Gasteiger partial charge >= 0.3 is 5.69 Å². The van der Waals surface area contributed by atoms with Crippen molar-refractivity contribution in [3.05, 3.63) is 38.4 Å². The Bertz CT molecular complexity index is 651. The molecule has 0 saturated carbocycles. The Kier molecular flexibility index (Phi) is 1.92. The van der Waals surface area contributed by atoms with Crippen LogP contribution < -0.4 is 11.2 Å². The third-order valence-electron chi connectivity index (χ3n) is 2.23. The summed E-state index contributed by atoms with van der Waals surface area (Å²) < 4.78 is 14.8. The van der Waals surface area contributed by atoms with Crippen molar-refractivity contribution in [1.29, 1.82) is 0 Å². The number of hydrogen-bond donors (Lipinski definition) is 1. The molecular formula is C9H8FN3O2. The van der Waals surface area contributed by atoms with Crippen LogP contribution in [-0.2, 0) is 7.05 Å². The molecule has 0 aliphatic carbocycles. The number of aromatic amines is 1. The Balaban J connectivity index is 3.06. The molecule has 78 valence electrons. The Morgan fingerprint density at radius 3 is 2.80 bits per heavy atom. The fourth-order valence-corrected chi connectivity index (χ4v) is 1.30. The highest BCUT2D eigenvalue weighted by Gasteiger charge is 2.10. The van der Waals surface area contributed by atoms with Crippen LogP contribution in [0.3, 0.4) is 0 Å². The normalized spacial score (nSPS) is 10.9. The average Bonchev–Trinajstić information content (AvgIpc) is 2.19. The summed E-state index contributed by atoms with van der Waals surface area (Å²) in [4.78, 5) is 28.3. The molecule has 2 aromatic heterocycles. The molecule has 0 amide bonds. The van der Waals surface area contributed by atoms with Crippen molar-refractivity contribution in [1.82, 2.24) is 14.5 Å². The highest BCUT2D eigenvalue weighted by atomic mass is 19.1. The number of aryl methyl sites for hydroxylation is 1. The summed E-state index contributed by atoms with van der Waals surface area (Å²) in [5, 5.41) is 0.134. The third kappa shape index (κ3) is 1.34. The summed E-state index contributed by atoms with van der Waals surface area (Å²) in [6.45, 7) is 1.37. The van der Waals surface area contributed by atoms with Gasteiger partial charge in [-0.3, -0.25) is 4.79 Å². The van der Waals surface area contributed by atoms with E-state index >= 15 is 0 Å². The van der Waals surface area contributed by atoms with E-state index in [9.17, 15) is 14.0 Å². The second-order valence-corrected chi connectivity index (χ2v) is 3.29. The van der Waals surface area contributed by atoms with E-state index in [1.165, 1.54) is 20.2 Å². The Morgan fingerprint density at radius 2 is 2.13 bits per heavy atom. The molecule has 0 spiro atoms. The molecule has 0 radical (unpaired) electrons. The van der Waals surface area contributed by atoms with Crippen LogP contribution in [0, 0.1) is 12.7 Å². The maximum atomic E-state index is 13.6. The topological polar surface area (TPSA) is 67.8 Å². The first-order chi connectivity index (χ1) is 7.00. The van der Waals surface area contributed by atoms with Crippen molar-refractivity contribution < 1.29 is 4.39 Å². The van der Waals surface area contributed by atoms with Crippen LogP contribution in [0.1, 0.15) is 5.56 Å². The molecule has 0 atom stereocenters. The molecule has 0 fully saturated rings. The minimum Gasteiger partial charge on any atom is -0.306 e. The summed E-state index contributed by atoms with van der Waals surface area (Å²) >= 11 is 0. The quantitative estimate of drug-likeness (QED) is 0.667. The molecule has 0 saturated heterocycles. The zero-order valence-electron chi connectivity index (χ0n) is 8.17. The number of fused-ring (bicyclic) bond motifs is 1. The van der Waals surface area contributed by atoms with Crippen LogP contribution >= 0.6 is 0 Å². The van der Waals surface area contributed by atoms with Gasteiger partial charge in [0.05, 0.1) is 10.9 Å². The van der Waals surface area contributed by atoms with E-state index in [0.29, 0.717) is 0 Å². The van der Waals surface area contributed by atoms with E-state index in [-0.39, 0.29) is 16.6 Å². The molecule has 2 rings (SSSR count). The lowest BCUT2D eigenvalue weighted by Gasteiger charge is -2.02. The summed E-state index contributed by atoms with van der Waals surface area (Å²) in [6.07, 6.45) is 1.31. The van der Waals surface area contributed by atoms with Crippen LogP contribution in [0.15, 0.2) is 15.8 Å². The average molecular weight is 209 g/mol. The van der Waals surface area contributed by atoms with Crippen LogP contribution in [0.25, 0.3) is 11.0 Å². The lowest BCUT2D eigenvalue weighted by Crippen LogP contribution is -2.22. The summed E-state index contributed by atoms with van der Waals surface area (Å²) in [6, 6.07) is 0. The SMILES string of the molecule is Cc1c(F)c2cn(C)c(=O)nc2[nH]c1=O. The van der Waals surface area contributed by atoms with Crippen molar-refractivity contribution in [2.75, 3.05) is 0 Å². The number of pyridine rings is 1. The second-order valence-electron chi connectivity index (χ2n) is 3.29. The van der Waals surface area contributed by atoms with Crippen molar-refractivity contribution in [3.63, 3.8) is 0 Å². The van der Waals surface area contributed by atoms with Gasteiger partial charge in [-0.2, -0.15) is 4.98 Å².